The molecule has 0 aromatic heterocycles. The number of hydrogen-bond donors (Lipinski definition) is 2. The zero-order chi connectivity index (χ0) is 12.1. The normalized spacial score (nSPS) is 10.2. The molecule has 4 N–H and O–H groups in total. The van der Waals surface area contributed by atoms with Crippen LogP contribution in [-0.2, 0) is 0 Å². The maximum Gasteiger partial charge on any atom is 0.250 e. The number of primary amides is 1. The van der Waals surface area contributed by atoms with Crippen LogP contribution < -0.4 is 16.4 Å². The van der Waals surface area contributed by atoms with E-state index in [4.69, 9.17) is 11.5 Å². The van der Waals surface area contributed by atoms with Gasteiger partial charge >= 0.3 is 0 Å². The number of anilines is 1. The highest BCUT2D eigenvalue weighted by Gasteiger charge is 2.13. The third-order valence-corrected chi connectivity index (χ3v) is 2.84. The van der Waals surface area contributed by atoms with E-state index in [0.717, 1.165) is 16.7 Å². The van der Waals surface area contributed by atoms with Gasteiger partial charge in [-0.3, -0.25) is 4.79 Å². The molecular formula is C11H16BrN3O. The van der Waals surface area contributed by atoms with E-state index in [1.165, 1.54) is 0 Å². The second-order valence-corrected chi connectivity index (χ2v) is 4.31. The molecule has 0 saturated heterocycles. The van der Waals surface area contributed by atoms with Crippen LogP contribution in [0.4, 0.5) is 5.69 Å². The molecule has 0 radical (unpaired) electrons. The van der Waals surface area contributed by atoms with Crippen molar-refractivity contribution in [2.45, 2.75) is 6.92 Å². The maximum absolute atomic E-state index is 11.3. The van der Waals surface area contributed by atoms with E-state index in [0.29, 0.717) is 18.7 Å². The monoisotopic (exact) mass is 285 g/mol. The van der Waals surface area contributed by atoms with Crippen LogP contribution in [0.15, 0.2) is 22.7 Å². The first kappa shape index (κ1) is 13.0. The minimum atomic E-state index is -0.419. The smallest absolute Gasteiger partial charge is 0.250 e. The van der Waals surface area contributed by atoms with Crippen LogP contribution in [0.25, 0.3) is 0 Å². The van der Waals surface area contributed by atoms with Crippen molar-refractivity contribution >= 4 is 27.5 Å². The Kier molecular flexibility index (Phi) is 4.76. The van der Waals surface area contributed by atoms with Gasteiger partial charge in [-0.15, -0.1) is 0 Å². The first-order valence-electron chi connectivity index (χ1n) is 5.14. The Morgan fingerprint density at radius 1 is 1.50 bits per heavy atom. The van der Waals surface area contributed by atoms with E-state index in [2.05, 4.69) is 15.9 Å². The highest BCUT2D eigenvalue weighted by molar-refractivity contribution is 9.10. The zero-order valence-corrected chi connectivity index (χ0v) is 10.8. The minimum absolute atomic E-state index is 0.419. The highest BCUT2D eigenvalue weighted by Crippen LogP contribution is 2.24. The van der Waals surface area contributed by atoms with Crippen LogP contribution in [0.1, 0.15) is 17.3 Å². The van der Waals surface area contributed by atoms with E-state index >= 15 is 0 Å². The second-order valence-electron chi connectivity index (χ2n) is 3.39. The number of hydrogen-bond acceptors (Lipinski definition) is 3. The first-order chi connectivity index (χ1) is 7.60. The first-order valence-corrected chi connectivity index (χ1v) is 5.93. The van der Waals surface area contributed by atoms with E-state index in [9.17, 15) is 4.79 Å². The number of nitrogens with zero attached hydrogens (tertiary/aromatic N) is 1. The van der Waals surface area contributed by atoms with Gasteiger partial charge in [-0.05, 0) is 25.1 Å². The summed E-state index contributed by atoms with van der Waals surface area (Å²) in [6.45, 7) is 4.04. The Bertz CT molecular complexity index is 381. The standard InChI is InChI=1S/C11H16BrN3O/c1-2-15(6-5-13)10-7-8(12)3-4-9(10)11(14)16/h3-4,7H,2,5-6,13H2,1H3,(H2,14,16). The highest BCUT2D eigenvalue weighted by atomic mass is 79.9. The Labute approximate surface area is 104 Å². The summed E-state index contributed by atoms with van der Waals surface area (Å²) in [5.41, 5.74) is 12.2. The SMILES string of the molecule is CCN(CCN)c1cc(Br)ccc1C(N)=O. The Morgan fingerprint density at radius 2 is 2.19 bits per heavy atom. The molecule has 0 aliphatic heterocycles. The number of rotatable bonds is 5. The molecule has 0 spiro atoms. The van der Waals surface area contributed by atoms with E-state index in [1.54, 1.807) is 12.1 Å². The number of carbonyl (C=O) groups excluding carboxylic acids is 1. The molecule has 88 valence electrons. The molecule has 0 saturated carbocycles. The van der Waals surface area contributed by atoms with Crippen LogP contribution in [0.2, 0.25) is 0 Å². The summed E-state index contributed by atoms with van der Waals surface area (Å²) in [6.07, 6.45) is 0. The second kappa shape index (κ2) is 5.86. The number of carbonyl (C=O) groups is 1. The predicted molar refractivity (Wildman–Crippen MR) is 69.6 cm³/mol. The molecule has 0 heterocycles. The lowest BCUT2D eigenvalue weighted by atomic mass is 10.1. The van der Waals surface area contributed by atoms with Gasteiger partial charge in [-0.25, -0.2) is 0 Å². The Morgan fingerprint density at radius 3 is 2.69 bits per heavy atom. The van der Waals surface area contributed by atoms with Crippen molar-refractivity contribution in [3.8, 4) is 0 Å². The zero-order valence-electron chi connectivity index (χ0n) is 9.24. The molecule has 0 unspecified atom stereocenters. The summed E-state index contributed by atoms with van der Waals surface area (Å²) >= 11 is 3.38. The van der Waals surface area contributed by atoms with Crippen LogP contribution in [0.3, 0.4) is 0 Å². The van der Waals surface area contributed by atoms with E-state index in [1.807, 2.05) is 17.9 Å². The molecule has 0 atom stereocenters. The van der Waals surface area contributed by atoms with Gasteiger partial charge in [0.25, 0.3) is 5.91 Å². The summed E-state index contributed by atoms with van der Waals surface area (Å²) < 4.78 is 0.919. The number of likely N-dealkylation sites (N-methyl/N-ethyl adjacent to an activating group) is 1. The molecule has 1 amide bonds. The largest absolute Gasteiger partial charge is 0.370 e. The minimum Gasteiger partial charge on any atom is -0.370 e. The van der Waals surface area contributed by atoms with Crippen molar-refractivity contribution in [2.75, 3.05) is 24.5 Å². The molecule has 0 aliphatic carbocycles. The maximum atomic E-state index is 11.3. The number of halogens is 1. The molecule has 0 fully saturated rings. The lowest BCUT2D eigenvalue weighted by molar-refractivity contribution is 0.100. The van der Waals surface area contributed by atoms with Gasteiger partial charge in [0.2, 0.25) is 0 Å². The molecule has 1 aromatic carbocycles. The van der Waals surface area contributed by atoms with Crippen molar-refractivity contribution in [3.63, 3.8) is 0 Å². The van der Waals surface area contributed by atoms with Gasteiger partial charge < -0.3 is 16.4 Å². The molecular weight excluding hydrogens is 270 g/mol. The van der Waals surface area contributed by atoms with Crippen LogP contribution in [0.5, 0.6) is 0 Å². The number of nitrogens with two attached hydrogens (primary N) is 2. The summed E-state index contributed by atoms with van der Waals surface area (Å²) in [5.74, 6) is -0.419. The lowest BCUT2D eigenvalue weighted by Crippen LogP contribution is -2.31. The fourth-order valence-electron chi connectivity index (χ4n) is 1.58. The quantitative estimate of drug-likeness (QED) is 0.857. The van der Waals surface area contributed by atoms with Crippen molar-refractivity contribution in [2.24, 2.45) is 11.5 Å². The Balaban J connectivity index is 3.16. The van der Waals surface area contributed by atoms with E-state index in [-0.39, 0.29) is 0 Å². The molecule has 1 rings (SSSR count). The molecule has 0 aliphatic rings. The lowest BCUT2D eigenvalue weighted by Gasteiger charge is -2.24. The van der Waals surface area contributed by atoms with Crippen LogP contribution >= 0.6 is 15.9 Å². The van der Waals surface area contributed by atoms with Gasteiger partial charge in [0.15, 0.2) is 0 Å². The molecule has 4 nitrogen and oxygen atoms in total. The van der Waals surface area contributed by atoms with Gasteiger partial charge in [0.1, 0.15) is 0 Å². The molecule has 0 bridgehead atoms. The Hall–Kier alpha value is -1.07. The van der Waals surface area contributed by atoms with Crippen LogP contribution in [0, 0.1) is 0 Å². The van der Waals surface area contributed by atoms with E-state index < -0.39 is 5.91 Å². The number of benzene rings is 1. The van der Waals surface area contributed by atoms with Crippen molar-refractivity contribution < 1.29 is 4.79 Å². The molecule has 16 heavy (non-hydrogen) atoms. The van der Waals surface area contributed by atoms with Crippen molar-refractivity contribution in [1.82, 2.24) is 0 Å². The van der Waals surface area contributed by atoms with Gasteiger partial charge in [-0.1, -0.05) is 15.9 Å². The third kappa shape index (κ3) is 2.96. The third-order valence-electron chi connectivity index (χ3n) is 2.35. The fraction of sp³-hybridized carbons (Fsp3) is 0.364. The molecule has 5 heteroatoms. The van der Waals surface area contributed by atoms with Gasteiger partial charge in [0, 0.05) is 24.1 Å². The predicted octanol–water partition coefficient (Wildman–Crippen LogP) is 1.33. The van der Waals surface area contributed by atoms with Crippen molar-refractivity contribution in [3.05, 3.63) is 28.2 Å². The number of amides is 1. The molecule has 1 aromatic rings. The summed E-state index contributed by atoms with van der Waals surface area (Å²) in [4.78, 5) is 13.3. The summed E-state index contributed by atoms with van der Waals surface area (Å²) in [7, 11) is 0. The van der Waals surface area contributed by atoms with Gasteiger partial charge in [0.05, 0.1) is 11.3 Å². The van der Waals surface area contributed by atoms with Gasteiger partial charge in [-0.2, -0.15) is 0 Å². The summed E-state index contributed by atoms with van der Waals surface area (Å²) in [6, 6.07) is 5.42. The fourth-order valence-corrected chi connectivity index (χ4v) is 1.93. The summed E-state index contributed by atoms with van der Waals surface area (Å²) in [5, 5.41) is 0. The van der Waals surface area contributed by atoms with Crippen molar-refractivity contribution in [1.29, 1.82) is 0 Å². The topological polar surface area (TPSA) is 72.3 Å². The average Bonchev–Trinajstić information content (AvgIpc) is 2.25. The average molecular weight is 286 g/mol. The van der Waals surface area contributed by atoms with Crippen LogP contribution in [-0.4, -0.2) is 25.5 Å².